The maximum atomic E-state index is 6.23. The number of benzene rings is 1. The second-order valence-corrected chi connectivity index (χ2v) is 7.72. The molecular weight excluding hydrogens is 324 g/mol. The molecule has 2 N–H and O–H groups in total. The third kappa shape index (κ3) is 4.46. The van der Waals surface area contributed by atoms with E-state index in [-0.39, 0.29) is 6.04 Å². The van der Waals surface area contributed by atoms with Crippen LogP contribution in [-0.4, -0.2) is 12.6 Å². The van der Waals surface area contributed by atoms with Crippen molar-refractivity contribution in [3.63, 3.8) is 0 Å². The fourth-order valence-electron chi connectivity index (χ4n) is 3.26. The molecule has 1 fully saturated rings. The van der Waals surface area contributed by atoms with Crippen molar-refractivity contribution < 1.29 is 0 Å². The molecule has 1 aliphatic carbocycles. The summed E-state index contributed by atoms with van der Waals surface area (Å²) in [5.74, 6) is 0.739. The van der Waals surface area contributed by atoms with Gasteiger partial charge in [0.1, 0.15) is 0 Å². The van der Waals surface area contributed by atoms with E-state index in [4.69, 9.17) is 5.73 Å². The van der Waals surface area contributed by atoms with E-state index >= 15 is 0 Å². The second-order valence-electron chi connectivity index (χ2n) is 6.81. The van der Waals surface area contributed by atoms with Crippen molar-refractivity contribution in [1.29, 1.82) is 0 Å². The molecule has 1 aromatic carbocycles. The van der Waals surface area contributed by atoms with Gasteiger partial charge in [0, 0.05) is 28.8 Å². The van der Waals surface area contributed by atoms with Gasteiger partial charge in [0.15, 0.2) is 0 Å². The Kier molecular flexibility index (Phi) is 6.12. The Hall–Kier alpha value is -0.540. The minimum Gasteiger partial charge on any atom is -0.368 e. The van der Waals surface area contributed by atoms with Gasteiger partial charge in [-0.2, -0.15) is 0 Å². The SMILES string of the molecule is CC(C)CCN(c1ccc(Br)cc1C(C)N)C1CCCC1. The molecule has 0 radical (unpaired) electrons. The van der Waals surface area contributed by atoms with Crippen molar-refractivity contribution in [1.82, 2.24) is 0 Å². The lowest BCUT2D eigenvalue weighted by Gasteiger charge is -2.34. The Bertz CT molecular complexity index is 451. The first-order valence-electron chi connectivity index (χ1n) is 8.30. The van der Waals surface area contributed by atoms with Gasteiger partial charge in [0.25, 0.3) is 0 Å². The molecule has 2 nitrogen and oxygen atoms in total. The highest BCUT2D eigenvalue weighted by Gasteiger charge is 2.25. The highest BCUT2D eigenvalue weighted by atomic mass is 79.9. The molecule has 0 bridgehead atoms. The van der Waals surface area contributed by atoms with Gasteiger partial charge in [0.2, 0.25) is 0 Å². The van der Waals surface area contributed by atoms with E-state index < -0.39 is 0 Å². The van der Waals surface area contributed by atoms with Gasteiger partial charge >= 0.3 is 0 Å². The minimum absolute atomic E-state index is 0.0699. The van der Waals surface area contributed by atoms with E-state index in [0.29, 0.717) is 6.04 Å². The van der Waals surface area contributed by atoms with Crippen LogP contribution >= 0.6 is 15.9 Å². The molecule has 118 valence electrons. The third-order valence-corrected chi connectivity index (χ3v) is 5.00. The molecule has 0 amide bonds. The van der Waals surface area contributed by atoms with E-state index in [0.717, 1.165) is 16.9 Å². The highest BCUT2D eigenvalue weighted by Crippen LogP contribution is 2.34. The number of halogens is 1. The molecule has 0 spiro atoms. The van der Waals surface area contributed by atoms with Crippen molar-refractivity contribution in [2.24, 2.45) is 11.7 Å². The predicted molar refractivity (Wildman–Crippen MR) is 95.8 cm³/mol. The van der Waals surface area contributed by atoms with Crippen LogP contribution in [0, 0.1) is 5.92 Å². The van der Waals surface area contributed by atoms with E-state index in [1.165, 1.54) is 43.4 Å². The average molecular weight is 353 g/mol. The number of anilines is 1. The monoisotopic (exact) mass is 352 g/mol. The van der Waals surface area contributed by atoms with Crippen LogP contribution in [0.5, 0.6) is 0 Å². The Morgan fingerprint density at radius 2 is 1.90 bits per heavy atom. The quantitative estimate of drug-likeness (QED) is 0.755. The summed E-state index contributed by atoms with van der Waals surface area (Å²) in [7, 11) is 0. The summed E-state index contributed by atoms with van der Waals surface area (Å²) in [6, 6.07) is 7.36. The van der Waals surface area contributed by atoms with E-state index in [2.05, 4.69) is 59.8 Å². The van der Waals surface area contributed by atoms with Crippen LogP contribution in [-0.2, 0) is 0 Å². The zero-order valence-electron chi connectivity index (χ0n) is 13.6. The number of hydrogen-bond donors (Lipinski definition) is 1. The van der Waals surface area contributed by atoms with Gasteiger partial charge in [-0.1, -0.05) is 42.6 Å². The molecule has 0 aliphatic heterocycles. The van der Waals surface area contributed by atoms with Crippen molar-refractivity contribution in [3.05, 3.63) is 28.2 Å². The van der Waals surface area contributed by atoms with E-state index in [9.17, 15) is 0 Å². The van der Waals surface area contributed by atoms with Gasteiger partial charge in [-0.15, -0.1) is 0 Å². The fraction of sp³-hybridized carbons (Fsp3) is 0.667. The molecule has 1 unspecified atom stereocenters. The lowest BCUT2D eigenvalue weighted by Crippen LogP contribution is -2.36. The van der Waals surface area contributed by atoms with E-state index in [1.54, 1.807) is 0 Å². The van der Waals surface area contributed by atoms with Gasteiger partial charge in [0.05, 0.1) is 0 Å². The Labute approximate surface area is 138 Å². The first-order chi connectivity index (χ1) is 9.99. The van der Waals surface area contributed by atoms with Crippen molar-refractivity contribution >= 4 is 21.6 Å². The summed E-state index contributed by atoms with van der Waals surface area (Å²) in [6.45, 7) is 7.84. The van der Waals surface area contributed by atoms with Crippen molar-refractivity contribution in [2.75, 3.05) is 11.4 Å². The fourth-order valence-corrected chi connectivity index (χ4v) is 3.64. The predicted octanol–water partition coefficient (Wildman–Crippen LogP) is 5.26. The van der Waals surface area contributed by atoms with Gasteiger partial charge < -0.3 is 10.6 Å². The molecule has 2 rings (SSSR count). The summed E-state index contributed by atoms with van der Waals surface area (Å²) in [6.07, 6.45) is 6.63. The van der Waals surface area contributed by atoms with Crippen molar-refractivity contribution in [3.8, 4) is 0 Å². The Morgan fingerprint density at radius 3 is 2.48 bits per heavy atom. The molecule has 0 aromatic heterocycles. The standard InChI is InChI=1S/C18H29BrN2/c1-13(2)10-11-21(16-6-4-5-7-16)18-9-8-15(19)12-17(18)14(3)20/h8-9,12-14,16H,4-7,10-11,20H2,1-3H3. The number of hydrogen-bond acceptors (Lipinski definition) is 2. The molecule has 1 atom stereocenters. The molecule has 21 heavy (non-hydrogen) atoms. The van der Waals surface area contributed by atoms with E-state index in [1.807, 2.05) is 0 Å². The topological polar surface area (TPSA) is 29.3 Å². The van der Waals surface area contributed by atoms with Gasteiger partial charge in [-0.25, -0.2) is 0 Å². The van der Waals surface area contributed by atoms with Crippen LogP contribution in [0.4, 0.5) is 5.69 Å². The van der Waals surface area contributed by atoms with Gasteiger partial charge in [-0.3, -0.25) is 0 Å². The smallest absolute Gasteiger partial charge is 0.0417 e. The summed E-state index contributed by atoms with van der Waals surface area (Å²) >= 11 is 3.59. The van der Waals surface area contributed by atoms with Crippen molar-refractivity contribution in [2.45, 2.75) is 65.0 Å². The maximum absolute atomic E-state index is 6.23. The molecular formula is C18H29BrN2. The molecule has 0 saturated heterocycles. The lowest BCUT2D eigenvalue weighted by atomic mass is 10.0. The Balaban J connectivity index is 2.30. The molecule has 0 heterocycles. The lowest BCUT2D eigenvalue weighted by molar-refractivity contribution is 0.526. The van der Waals surface area contributed by atoms with Crippen LogP contribution < -0.4 is 10.6 Å². The maximum Gasteiger partial charge on any atom is 0.0417 e. The van der Waals surface area contributed by atoms with Crippen LogP contribution in [0.3, 0.4) is 0 Å². The zero-order valence-corrected chi connectivity index (χ0v) is 15.2. The van der Waals surface area contributed by atoms with Crippen LogP contribution in [0.15, 0.2) is 22.7 Å². The summed E-state index contributed by atoms with van der Waals surface area (Å²) < 4.78 is 1.12. The minimum atomic E-state index is 0.0699. The van der Waals surface area contributed by atoms with Crippen LogP contribution in [0.1, 0.15) is 64.5 Å². The first-order valence-corrected chi connectivity index (χ1v) is 9.10. The van der Waals surface area contributed by atoms with Crippen LogP contribution in [0.2, 0.25) is 0 Å². The number of rotatable bonds is 6. The first kappa shape index (κ1) is 16.8. The molecule has 1 aromatic rings. The number of nitrogens with zero attached hydrogens (tertiary/aromatic N) is 1. The van der Waals surface area contributed by atoms with Gasteiger partial charge in [-0.05, 0) is 55.9 Å². The average Bonchev–Trinajstić information content (AvgIpc) is 2.93. The zero-order chi connectivity index (χ0) is 15.4. The molecule has 1 saturated carbocycles. The second kappa shape index (κ2) is 7.64. The third-order valence-electron chi connectivity index (χ3n) is 4.50. The Morgan fingerprint density at radius 1 is 1.24 bits per heavy atom. The summed E-state index contributed by atoms with van der Waals surface area (Å²) in [5.41, 5.74) is 8.84. The largest absolute Gasteiger partial charge is 0.368 e. The summed E-state index contributed by atoms with van der Waals surface area (Å²) in [4.78, 5) is 2.64. The molecule has 3 heteroatoms. The number of nitrogens with two attached hydrogens (primary N) is 1. The van der Waals surface area contributed by atoms with Crippen LogP contribution in [0.25, 0.3) is 0 Å². The highest BCUT2D eigenvalue weighted by molar-refractivity contribution is 9.10. The normalized spacial score (nSPS) is 17.4. The molecule has 1 aliphatic rings. The summed E-state index contributed by atoms with van der Waals surface area (Å²) in [5, 5.41) is 0.